The Morgan fingerprint density at radius 1 is 1.16 bits per heavy atom. The number of carboxylic acid groups (broad SMARTS) is 1. The van der Waals surface area contributed by atoms with Crippen molar-refractivity contribution in [1.82, 2.24) is 10.3 Å². The van der Waals surface area contributed by atoms with Gasteiger partial charge in [0.15, 0.2) is 0 Å². The number of pyridine rings is 1. The molecule has 1 aliphatic carbocycles. The highest BCUT2D eigenvalue weighted by Gasteiger charge is 2.46. The van der Waals surface area contributed by atoms with Gasteiger partial charge in [-0.05, 0) is 48.7 Å². The first kappa shape index (κ1) is 24.7. The van der Waals surface area contributed by atoms with Gasteiger partial charge in [-0.15, -0.1) is 0 Å². The molecule has 2 heterocycles. The molecule has 0 spiro atoms. The summed E-state index contributed by atoms with van der Waals surface area (Å²) in [6, 6.07) is 14.3. The van der Waals surface area contributed by atoms with E-state index in [1.807, 2.05) is 4.90 Å². The second kappa shape index (κ2) is 9.82. The molecule has 1 aromatic heterocycles. The van der Waals surface area contributed by atoms with E-state index in [1.54, 1.807) is 30.3 Å². The predicted octanol–water partition coefficient (Wildman–Crippen LogP) is 4.48. The van der Waals surface area contributed by atoms with Crippen LogP contribution in [0.15, 0.2) is 65.9 Å². The smallest absolute Gasteiger partial charge is 0.335 e. The fourth-order valence-electron chi connectivity index (χ4n) is 4.61. The number of amides is 1. The third-order valence-corrected chi connectivity index (χ3v) is 6.95. The lowest BCUT2D eigenvalue weighted by atomic mass is 9.89. The molecule has 1 amide bonds. The summed E-state index contributed by atoms with van der Waals surface area (Å²) in [6.07, 6.45) is 2.98. The van der Waals surface area contributed by atoms with Gasteiger partial charge in [-0.2, -0.15) is 0 Å². The number of benzene rings is 2. The first-order valence-electron chi connectivity index (χ1n) is 11.7. The molecule has 1 aliphatic heterocycles. The summed E-state index contributed by atoms with van der Waals surface area (Å²) in [4.78, 5) is 36.0. The van der Waals surface area contributed by atoms with Crippen molar-refractivity contribution in [1.29, 1.82) is 0 Å². The molecule has 5 rings (SSSR count). The van der Waals surface area contributed by atoms with Crippen molar-refractivity contribution in [2.75, 3.05) is 25.1 Å². The number of oxime groups is 1. The number of hydrogen-bond acceptors (Lipinski definition) is 6. The zero-order chi connectivity index (χ0) is 26.2. The van der Waals surface area contributed by atoms with Crippen molar-refractivity contribution in [3.05, 3.63) is 93.9 Å². The Hall–Kier alpha value is -3.98. The summed E-state index contributed by atoms with van der Waals surface area (Å²) in [5.41, 5.74) is 2.09. The third kappa shape index (κ3) is 4.99. The normalized spacial score (nSPS) is 16.6. The van der Waals surface area contributed by atoms with Gasteiger partial charge in [0.25, 0.3) is 5.91 Å². The largest absolute Gasteiger partial charge is 0.478 e. The number of hydrogen-bond donors (Lipinski definition) is 2. The van der Waals surface area contributed by atoms with Crippen LogP contribution in [-0.4, -0.2) is 47.9 Å². The van der Waals surface area contributed by atoms with Gasteiger partial charge in [0, 0.05) is 30.8 Å². The lowest BCUT2D eigenvalue weighted by Crippen LogP contribution is -2.52. The number of nitrogens with one attached hydrogen (secondary N) is 1. The lowest BCUT2D eigenvalue weighted by molar-refractivity contribution is 0.0696. The summed E-state index contributed by atoms with van der Waals surface area (Å²) in [5.74, 6) is -1.23. The third-order valence-electron chi connectivity index (χ3n) is 6.74. The number of halogens is 2. The number of anilines is 1. The molecule has 0 atom stereocenters. The molecule has 1 saturated heterocycles. The number of nitrogens with zero attached hydrogens (tertiary/aromatic N) is 3. The number of carbonyl (C=O) groups excluding carboxylic acids is 1. The van der Waals surface area contributed by atoms with Crippen LogP contribution in [0.3, 0.4) is 0 Å². The van der Waals surface area contributed by atoms with Crippen molar-refractivity contribution in [2.45, 2.75) is 18.4 Å². The quantitative estimate of drug-likeness (QED) is 0.334. The van der Waals surface area contributed by atoms with Crippen molar-refractivity contribution in [3.63, 3.8) is 0 Å². The summed E-state index contributed by atoms with van der Waals surface area (Å²) in [5, 5.41) is 16.7. The molecule has 3 aromatic rings. The van der Waals surface area contributed by atoms with Crippen LogP contribution < -0.4 is 10.2 Å². The Bertz CT molecular complexity index is 1390. The van der Waals surface area contributed by atoms with E-state index in [9.17, 15) is 14.0 Å². The van der Waals surface area contributed by atoms with E-state index >= 15 is 0 Å². The molecular formula is C27H24ClFN4O4. The topological polar surface area (TPSA) is 104 Å². The Kier molecular flexibility index (Phi) is 6.55. The minimum Gasteiger partial charge on any atom is -0.478 e. The zero-order valence-electron chi connectivity index (χ0n) is 19.9. The molecule has 0 radical (unpaired) electrons. The van der Waals surface area contributed by atoms with Crippen LogP contribution >= 0.6 is 11.6 Å². The SMILES string of the molecule is CO/N=C(\c1cccc(F)c1)C1CN(c2ncc(Cl)cc2C(=O)NC2(c3ccc(C(=O)O)cc3)CC2)C1. The lowest BCUT2D eigenvalue weighted by Gasteiger charge is -2.41. The van der Waals surface area contributed by atoms with Gasteiger partial charge in [-0.3, -0.25) is 4.79 Å². The number of carbonyl (C=O) groups is 2. The van der Waals surface area contributed by atoms with Crippen molar-refractivity contribution >= 4 is 35.0 Å². The van der Waals surface area contributed by atoms with E-state index in [0.29, 0.717) is 40.8 Å². The highest BCUT2D eigenvalue weighted by Crippen LogP contribution is 2.46. The van der Waals surface area contributed by atoms with Gasteiger partial charge in [-0.25, -0.2) is 14.2 Å². The fraction of sp³-hybridized carbons (Fsp3) is 0.259. The highest BCUT2D eigenvalue weighted by atomic mass is 35.5. The average molecular weight is 523 g/mol. The molecule has 1 saturated carbocycles. The summed E-state index contributed by atoms with van der Waals surface area (Å²) in [6.45, 7) is 1.02. The first-order chi connectivity index (χ1) is 17.8. The number of carboxylic acids is 1. The van der Waals surface area contributed by atoms with Gasteiger partial charge >= 0.3 is 5.97 Å². The van der Waals surface area contributed by atoms with Gasteiger partial charge < -0.3 is 20.2 Å². The Labute approximate surface area is 217 Å². The Morgan fingerprint density at radius 2 is 1.89 bits per heavy atom. The molecule has 37 heavy (non-hydrogen) atoms. The van der Waals surface area contributed by atoms with E-state index in [-0.39, 0.29) is 23.2 Å². The molecule has 2 fully saturated rings. The number of aromatic carboxylic acids is 1. The zero-order valence-corrected chi connectivity index (χ0v) is 20.7. The first-order valence-corrected chi connectivity index (χ1v) is 12.1. The minimum absolute atomic E-state index is 0.0438. The van der Waals surface area contributed by atoms with Crippen molar-refractivity contribution < 1.29 is 23.9 Å². The van der Waals surface area contributed by atoms with E-state index in [4.69, 9.17) is 21.5 Å². The second-order valence-electron chi connectivity index (χ2n) is 9.21. The molecule has 8 nitrogen and oxygen atoms in total. The van der Waals surface area contributed by atoms with Crippen LogP contribution in [0.1, 0.15) is 44.7 Å². The fourth-order valence-corrected chi connectivity index (χ4v) is 4.77. The van der Waals surface area contributed by atoms with Crippen LogP contribution in [-0.2, 0) is 10.4 Å². The van der Waals surface area contributed by atoms with Gasteiger partial charge in [-0.1, -0.05) is 41.0 Å². The highest BCUT2D eigenvalue weighted by molar-refractivity contribution is 6.31. The average Bonchev–Trinajstić information content (AvgIpc) is 3.64. The summed E-state index contributed by atoms with van der Waals surface area (Å²) >= 11 is 6.21. The maximum absolute atomic E-state index is 13.8. The van der Waals surface area contributed by atoms with E-state index in [0.717, 1.165) is 18.4 Å². The monoisotopic (exact) mass is 522 g/mol. The maximum atomic E-state index is 13.8. The van der Waals surface area contributed by atoms with Gasteiger partial charge in [0.1, 0.15) is 18.7 Å². The van der Waals surface area contributed by atoms with Gasteiger partial charge in [0.2, 0.25) is 0 Å². The molecule has 2 aromatic carbocycles. The molecule has 0 bridgehead atoms. The van der Waals surface area contributed by atoms with Crippen molar-refractivity contribution in [3.8, 4) is 0 Å². The van der Waals surface area contributed by atoms with Crippen molar-refractivity contribution in [2.24, 2.45) is 11.1 Å². The molecule has 10 heteroatoms. The Balaban J connectivity index is 1.34. The Morgan fingerprint density at radius 3 is 2.51 bits per heavy atom. The van der Waals surface area contributed by atoms with E-state index in [1.165, 1.54) is 37.6 Å². The van der Waals surface area contributed by atoms with Crippen LogP contribution in [0.25, 0.3) is 0 Å². The van der Waals surface area contributed by atoms with E-state index in [2.05, 4.69) is 15.5 Å². The minimum atomic E-state index is -1.00. The number of aromatic nitrogens is 1. The number of rotatable bonds is 8. The molecule has 0 unspecified atom stereocenters. The van der Waals surface area contributed by atoms with E-state index < -0.39 is 11.5 Å². The van der Waals surface area contributed by atoms with Gasteiger partial charge in [0.05, 0.1) is 27.4 Å². The molecule has 2 N–H and O–H groups in total. The predicted molar refractivity (Wildman–Crippen MR) is 137 cm³/mol. The second-order valence-corrected chi connectivity index (χ2v) is 9.65. The summed E-state index contributed by atoms with van der Waals surface area (Å²) < 4.78 is 13.8. The molecular weight excluding hydrogens is 499 g/mol. The van der Waals surface area contributed by atoms with Crippen LogP contribution in [0.5, 0.6) is 0 Å². The van der Waals surface area contributed by atoms with Crippen LogP contribution in [0.2, 0.25) is 5.02 Å². The van der Waals surface area contributed by atoms with Crippen LogP contribution in [0, 0.1) is 11.7 Å². The van der Waals surface area contributed by atoms with Crippen LogP contribution in [0.4, 0.5) is 10.2 Å². The molecule has 2 aliphatic rings. The molecule has 190 valence electrons. The summed E-state index contributed by atoms with van der Waals surface area (Å²) in [7, 11) is 1.45. The standard InChI is InChI=1S/C27H24ClFN4O4/c1-37-32-23(17-3-2-4-21(29)11-17)18-14-33(15-18)24-22(12-20(28)13-30-24)25(34)31-27(9-10-27)19-7-5-16(6-8-19)26(35)36/h2-8,11-13,18H,9-10,14-15H2,1H3,(H,31,34)(H,35,36)/b32-23+. The maximum Gasteiger partial charge on any atom is 0.335 e.